The molecule has 0 heterocycles. The largest absolute Gasteiger partial charge is 0.480 e. The monoisotopic (exact) mass is 230 g/mol. The van der Waals surface area contributed by atoms with E-state index in [0.29, 0.717) is 13.2 Å². The number of carboxylic acids is 1. The highest BCUT2D eigenvalue weighted by molar-refractivity contribution is 5.80. The summed E-state index contributed by atoms with van der Waals surface area (Å²) < 4.78 is 4.78. The van der Waals surface area contributed by atoms with E-state index in [9.17, 15) is 9.59 Å². The predicted octanol–water partition coefficient (Wildman–Crippen LogP) is -0.798. The first-order valence-corrected chi connectivity index (χ1v) is 5.37. The van der Waals surface area contributed by atoms with E-state index in [1.165, 1.54) is 0 Å². The lowest BCUT2D eigenvalue weighted by Crippen LogP contribution is -2.44. The van der Waals surface area contributed by atoms with Crippen LogP contribution in [0.25, 0.3) is 0 Å². The maximum Gasteiger partial charge on any atom is 0.320 e. The zero-order valence-corrected chi connectivity index (χ0v) is 9.36. The Morgan fingerprint density at radius 2 is 2.19 bits per heavy atom. The van der Waals surface area contributed by atoms with Gasteiger partial charge in [-0.05, 0) is 18.8 Å². The molecular weight excluding hydrogens is 212 g/mol. The van der Waals surface area contributed by atoms with E-state index in [1.807, 2.05) is 0 Å². The van der Waals surface area contributed by atoms with Gasteiger partial charge < -0.3 is 15.2 Å². The second-order valence-corrected chi connectivity index (χ2v) is 3.88. The van der Waals surface area contributed by atoms with Crippen LogP contribution in [-0.2, 0) is 14.3 Å². The summed E-state index contributed by atoms with van der Waals surface area (Å²) in [6.45, 7) is 0.937. The minimum Gasteiger partial charge on any atom is -0.480 e. The topological polar surface area (TPSA) is 87.7 Å². The summed E-state index contributed by atoms with van der Waals surface area (Å²) in [7, 11) is 1.55. The third-order valence-electron chi connectivity index (χ3n) is 2.47. The van der Waals surface area contributed by atoms with Gasteiger partial charge in [-0.15, -0.1) is 0 Å². The number of carbonyl (C=O) groups excluding carboxylic acids is 1. The van der Waals surface area contributed by atoms with Gasteiger partial charge >= 0.3 is 5.97 Å². The van der Waals surface area contributed by atoms with E-state index in [0.717, 1.165) is 12.8 Å². The van der Waals surface area contributed by atoms with Gasteiger partial charge in [-0.1, -0.05) is 0 Å². The number of methoxy groups -OCH3 is 1. The second-order valence-electron chi connectivity index (χ2n) is 3.88. The van der Waals surface area contributed by atoms with E-state index in [-0.39, 0.29) is 18.4 Å². The first-order chi connectivity index (χ1) is 7.65. The minimum absolute atomic E-state index is 0.0389. The van der Waals surface area contributed by atoms with Crippen molar-refractivity contribution < 1.29 is 19.4 Å². The molecule has 0 spiro atoms. The lowest BCUT2D eigenvalue weighted by molar-refractivity contribution is -0.140. The van der Waals surface area contributed by atoms with Crippen molar-refractivity contribution >= 4 is 11.9 Å². The average molecular weight is 230 g/mol. The van der Waals surface area contributed by atoms with Crippen molar-refractivity contribution in [3.05, 3.63) is 0 Å². The third-order valence-corrected chi connectivity index (χ3v) is 2.47. The maximum absolute atomic E-state index is 11.3. The van der Waals surface area contributed by atoms with Crippen molar-refractivity contribution in [3.63, 3.8) is 0 Å². The minimum atomic E-state index is -0.882. The summed E-state index contributed by atoms with van der Waals surface area (Å²) >= 11 is 0. The maximum atomic E-state index is 11.3. The van der Waals surface area contributed by atoms with E-state index >= 15 is 0 Å². The number of nitrogens with one attached hydrogen (secondary N) is 2. The Kier molecular flexibility index (Phi) is 5.21. The molecule has 0 aromatic rings. The zero-order valence-electron chi connectivity index (χ0n) is 9.36. The lowest BCUT2D eigenvalue weighted by Gasteiger charge is -2.13. The Hall–Kier alpha value is -1.14. The van der Waals surface area contributed by atoms with Gasteiger partial charge in [-0.2, -0.15) is 0 Å². The molecular formula is C10H18N2O4. The highest BCUT2D eigenvalue weighted by atomic mass is 16.5. The molecule has 1 saturated carbocycles. The molecule has 1 rings (SSSR count). The molecule has 92 valence electrons. The standard InChI is InChI=1S/C10H18N2O4/c1-16-5-4-11-8(13)6-12-9(10(14)15)7-2-3-7/h7,9,12H,2-6H2,1H3,(H,11,13)(H,14,15). The van der Waals surface area contributed by atoms with Crippen LogP contribution in [0.1, 0.15) is 12.8 Å². The second kappa shape index (κ2) is 6.44. The Labute approximate surface area is 94.3 Å². The number of rotatable bonds is 8. The van der Waals surface area contributed by atoms with Gasteiger partial charge in [-0.25, -0.2) is 0 Å². The first-order valence-electron chi connectivity index (χ1n) is 5.37. The van der Waals surface area contributed by atoms with Crippen LogP contribution < -0.4 is 10.6 Å². The number of ether oxygens (including phenoxy) is 1. The average Bonchev–Trinajstić information content (AvgIpc) is 3.02. The van der Waals surface area contributed by atoms with Gasteiger partial charge in [-0.3, -0.25) is 14.9 Å². The zero-order chi connectivity index (χ0) is 12.0. The molecule has 16 heavy (non-hydrogen) atoms. The van der Waals surface area contributed by atoms with Gasteiger partial charge in [0.15, 0.2) is 0 Å². The van der Waals surface area contributed by atoms with Crippen molar-refractivity contribution in [2.45, 2.75) is 18.9 Å². The van der Waals surface area contributed by atoms with Crippen LogP contribution in [0.5, 0.6) is 0 Å². The number of hydrogen-bond acceptors (Lipinski definition) is 4. The summed E-state index contributed by atoms with van der Waals surface area (Å²) in [5, 5.41) is 14.3. The smallest absolute Gasteiger partial charge is 0.320 e. The SMILES string of the molecule is COCCNC(=O)CNC(C(=O)O)C1CC1. The molecule has 0 aliphatic heterocycles. The number of amides is 1. The number of carboxylic acid groups (broad SMARTS) is 1. The van der Waals surface area contributed by atoms with Gasteiger partial charge in [0.2, 0.25) is 5.91 Å². The molecule has 3 N–H and O–H groups in total. The third kappa shape index (κ3) is 4.59. The molecule has 1 unspecified atom stereocenters. The summed E-state index contributed by atoms with van der Waals surface area (Å²) in [6.07, 6.45) is 1.85. The van der Waals surface area contributed by atoms with Crippen LogP contribution in [0.3, 0.4) is 0 Å². The van der Waals surface area contributed by atoms with Gasteiger partial charge in [0, 0.05) is 13.7 Å². The Balaban J connectivity index is 2.16. The highest BCUT2D eigenvalue weighted by Gasteiger charge is 2.35. The van der Waals surface area contributed by atoms with E-state index in [1.54, 1.807) is 7.11 Å². The van der Waals surface area contributed by atoms with Gasteiger partial charge in [0.25, 0.3) is 0 Å². The van der Waals surface area contributed by atoms with Crippen molar-refractivity contribution in [1.29, 1.82) is 0 Å². The molecule has 1 atom stereocenters. The first kappa shape index (κ1) is 12.9. The lowest BCUT2D eigenvalue weighted by atomic mass is 10.2. The fourth-order valence-corrected chi connectivity index (χ4v) is 1.44. The normalized spacial score (nSPS) is 16.8. The molecule has 0 saturated heterocycles. The summed E-state index contributed by atoms with van der Waals surface area (Å²) in [4.78, 5) is 22.1. The number of hydrogen-bond donors (Lipinski definition) is 3. The summed E-state index contributed by atoms with van der Waals surface area (Å²) in [6, 6.07) is -0.590. The quantitative estimate of drug-likeness (QED) is 0.475. The molecule has 1 aliphatic rings. The Morgan fingerprint density at radius 1 is 1.50 bits per heavy atom. The Bertz CT molecular complexity index is 253. The van der Waals surface area contributed by atoms with E-state index in [4.69, 9.17) is 9.84 Å². The Morgan fingerprint density at radius 3 is 2.69 bits per heavy atom. The van der Waals surface area contributed by atoms with Crippen molar-refractivity contribution in [3.8, 4) is 0 Å². The number of aliphatic carboxylic acids is 1. The molecule has 1 amide bonds. The fraction of sp³-hybridized carbons (Fsp3) is 0.800. The van der Waals surface area contributed by atoms with Crippen molar-refractivity contribution in [2.75, 3.05) is 26.8 Å². The van der Waals surface area contributed by atoms with Crippen LogP contribution in [0.4, 0.5) is 0 Å². The van der Waals surface area contributed by atoms with E-state index < -0.39 is 12.0 Å². The molecule has 0 radical (unpaired) electrons. The molecule has 0 aromatic carbocycles. The molecule has 1 fully saturated rings. The number of carbonyl (C=O) groups is 2. The predicted molar refractivity (Wildman–Crippen MR) is 57.0 cm³/mol. The molecule has 0 bridgehead atoms. The van der Waals surface area contributed by atoms with Crippen LogP contribution in [0.2, 0.25) is 0 Å². The molecule has 6 nitrogen and oxygen atoms in total. The van der Waals surface area contributed by atoms with Crippen LogP contribution in [-0.4, -0.2) is 49.8 Å². The fourth-order valence-electron chi connectivity index (χ4n) is 1.44. The molecule has 1 aliphatic carbocycles. The van der Waals surface area contributed by atoms with Gasteiger partial charge in [0.05, 0.1) is 13.2 Å². The highest BCUT2D eigenvalue weighted by Crippen LogP contribution is 2.32. The molecule has 6 heteroatoms. The summed E-state index contributed by atoms with van der Waals surface area (Å²) in [5.74, 6) is -0.902. The van der Waals surface area contributed by atoms with Gasteiger partial charge in [0.1, 0.15) is 6.04 Å². The van der Waals surface area contributed by atoms with Crippen molar-refractivity contribution in [2.24, 2.45) is 5.92 Å². The van der Waals surface area contributed by atoms with Crippen LogP contribution in [0, 0.1) is 5.92 Å². The summed E-state index contributed by atoms with van der Waals surface area (Å²) in [5.41, 5.74) is 0. The van der Waals surface area contributed by atoms with Crippen LogP contribution in [0.15, 0.2) is 0 Å². The molecule has 0 aromatic heterocycles. The van der Waals surface area contributed by atoms with E-state index in [2.05, 4.69) is 10.6 Å². The van der Waals surface area contributed by atoms with Crippen LogP contribution >= 0.6 is 0 Å². The van der Waals surface area contributed by atoms with Crippen molar-refractivity contribution in [1.82, 2.24) is 10.6 Å².